The van der Waals surface area contributed by atoms with E-state index in [1.807, 2.05) is 19.0 Å². The topological polar surface area (TPSA) is 58.3 Å². The van der Waals surface area contributed by atoms with E-state index in [1.54, 1.807) is 6.20 Å². The maximum Gasteiger partial charge on any atom is 0.227 e. The fraction of sp³-hybridized carbons (Fsp3) is 0.600. The normalized spacial score (nSPS) is 15.7. The molecule has 2 rings (SSSR count). The Morgan fingerprint density at radius 1 is 1.33 bits per heavy atom. The summed E-state index contributed by atoms with van der Waals surface area (Å²) in [5.74, 6) is 1.59. The molecule has 1 aromatic heterocycles. The second-order valence-corrected chi connectivity index (χ2v) is 4.04. The molecule has 82 valence electrons. The molecule has 0 spiro atoms. The summed E-state index contributed by atoms with van der Waals surface area (Å²) in [5.41, 5.74) is 6.43. The monoisotopic (exact) mass is 207 g/mol. The van der Waals surface area contributed by atoms with Gasteiger partial charge in [-0.15, -0.1) is 0 Å². The fourth-order valence-corrected chi connectivity index (χ4v) is 1.80. The van der Waals surface area contributed by atoms with Crippen molar-refractivity contribution in [2.45, 2.75) is 12.8 Å². The molecule has 0 aliphatic carbocycles. The van der Waals surface area contributed by atoms with Gasteiger partial charge in [0.15, 0.2) is 5.82 Å². The van der Waals surface area contributed by atoms with E-state index >= 15 is 0 Å². The number of rotatable bonds is 2. The lowest BCUT2D eigenvalue weighted by Crippen LogP contribution is -2.22. The van der Waals surface area contributed by atoms with E-state index in [4.69, 9.17) is 5.73 Å². The minimum atomic E-state index is 0.628. The molecule has 5 nitrogen and oxygen atoms in total. The molecule has 1 aromatic rings. The largest absolute Gasteiger partial charge is 0.394 e. The fourth-order valence-electron chi connectivity index (χ4n) is 1.80. The molecule has 2 heterocycles. The second kappa shape index (κ2) is 3.92. The zero-order valence-electron chi connectivity index (χ0n) is 9.27. The average molecular weight is 207 g/mol. The summed E-state index contributed by atoms with van der Waals surface area (Å²) in [6.07, 6.45) is 4.14. The average Bonchev–Trinajstić information content (AvgIpc) is 2.71. The lowest BCUT2D eigenvalue weighted by Gasteiger charge is -2.19. The van der Waals surface area contributed by atoms with Gasteiger partial charge < -0.3 is 15.5 Å². The molecule has 1 aliphatic rings. The Balaban J connectivity index is 2.29. The van der Waals surface area contributed by atoms with E-state index in [-0.39, 0.29) is 0 Å². The van der Waals surface area contributed by atoms with Gasteiger partial charge in [-0.1, -0.05) is 0 Å². The smallest absolute Gasteiger partial charge is 0.227 e. The lowest BCUT2D eigenvalue weighted by molar-refractivity contribution is 0.891. The van der Waals surface area contributed by atoms with Crippen LogP contribution in [0.4, 0.5) is 17.5 Å². The third-order valence-corrected chi connectivity index (χ3v) is 2.60. The van der Waals surface area contributed by atoms with Crippen LogP contribution in [0.3, 0.4) is 0 Å². The number of nitrogen functional groups attached to an aromatic ring is 1. The highest BCUT2D eigenvalue weighted by molar-refractivity contribution is 5.62. The van der Waals surface area contributed by atoms with Gasteiger partial charge in [-0.2, -0.15) is 4.98 Å². The van der Waals surface area contributed by atoms with Gasteiger partial charge in [-0.25, -0.2) is 4.98 Å². The van der Waals surface area contributed by atoms with Crippen LogP contribution in [0.25, 0.3) is 0 Å². The molecule has 1 aliphatic heterocycles. The Bertz CT molecular complexity index is 344. The first-order chi connectivity index (χ1) is 7.18. The Kier molecular flexibility index (Phi) is 2.62. The van der Waals surface area contributed by atoms with Crippen molar-refractivity contribution < 1.29 is 0 Å². The van der Waals surface area contributed by atoms with Crippen LogP contribution in [0.1, 0.15) is 12.8 Å². The highest BCUT2D eigenvalue weighted by atomic mass is 15.3. The van der Waals surface area contributed by atoms with Crippen LogP contribution in [0.2, 0.25) is 0 Å². The number of hydrogen-bond acceptors (Lipinski definition) is 5. The predicted octanol–water partition coefficient (Wildman–Crippen LogP) is 0.725. The van der Waals surface area contributed by atoms with Crippen molar-refractivity contribution in [3.63, 3.8) is 0 Å². The minimum absolute atomic E-state index is 0.628. The molecular formula is C10H17N5. The highest BCUT2D eigenvalue weighted by Gasteiger charge is 2.16. The Morgan fingerprint density at radius 2 is 2.00 bits per heavy atom. The van der Waals surface area contributed by atoms with Gasteiger partial charge in [0.05, 0.1) is 11.9 Å². The third-order valence-electron chi connectivity index (χ3n) is 2.60. The van der Waals surface area contributed by atoms with E-state index in [0.29, 0.717) is 5.69 Å². The van der Waals surface area contributed by atoms with Crippen molar-refractivity contribution in [2.24, 2.45) is 0 Å². The predicted molar refractivity (Wildman–Crippen MR) is 62.2 cm³/mol. The van der Waals surface area contributed by atoms with Gasteiger partial charge in [-0.3, -0.25) is 0 Å². The second-order valence-electron chi connectivity index (χ2n) is 4.04. The summed E-state index contributed by atoms with van der Waals surface area (Å²) in [4.78, 5) is 12.9. The Morgan fingerprint density at radius 3 is 2.60 bits per heavy atom. The first kappa shape index (κ1) is 10.0. The molecule has 0 saturated carbocycles. The molecule has 0 amide bonds. The van der Waals surface area contributed by atoms with Gasteiger partial charge in [0.2, 0.25) is 5.95 Å². The Labute approximate surface area is 89.9 Å². The molecule has 2 N–H and O–H groups in total. The van der Waals surface area contributed by atoms with Crippen molar-refractivity contribution >= 4 is 17.5 Å². The summed E-state index contributed by atoms with van der Waals surface area (Å²) in [6, 6.07) is 0. The van der Waals surface area contributed by atoms with E-state index in [0.717, 1.165) is 24.9 Å². The summed E-state index contributed by atoms with van der Waals surface area (Å²) in [7, 11) is 3.87. The van der Waals surface area contributed by atoms with Crippen LogP contribution in [-0.4, -0.2) is 37.2 Å². The van der Waals surface area contributed by atoms with Crippen molar-refractivity contribution in [3.05, 3.63) is 6.20 Å². The maximum absolute atomic E-state index is 5.80. The molecule has 15 heavy (non-hydrogen) atoms. The van der Waals surface area contributed by atoms with E-state index in [2.05, 4.69) is 14.9 Å². The lowest BCUT2D eigenvalue weighted by atomic mass is 10.4. The summed E-state index contributed by atoms with van der Waals surface area (Å²) in [5, 5.41) is 0. The van der Waals surface area contributed by atoms with Gasteiger partial charge in [-0.05, 0) is 12.8 Å². The molecule has 0 atom stereocenters. The molecule has 0 radical (unpaired) electrons. The van der Waals surface area contributed by atoms with Crippen LogP contribution >= 0.6 is 0 Å². The van der Waals surface area contributed by atoms with E-state index in [1.165, 1.54) is 12.8 Å². The number of hydrogen-bond donors (Lipinski definition) is 1. The van der Waals surface area contributed by atoms with Crippen LogP contribution in [-0.2, 0) is 0 Å². The van der Waals surface area contributed by atoms with Crippen molar-refractivity contribution in [1.29, 1.82) is 0 Å². The van der Waals surface area contributed by atoms with Gasteiger partial charge in [0, 0.05) is 27.2 Å². The standard InChI is InChI=1S/C10H17N5/c1-14(2)9-8(11)7-12-10(13-9)15-5-3-4-6-15/h7H,3-6,11H2,1-2H3. The SMILES string of the molecule is CN(C)c1nc(N2CCCC2)ncc1N. The van der Waals surface area contributed by atoms with Crippen LogP contribution in [0.5, 0.6) is 0 Å². The van der Waals surface area contributed by atoms with Crippen molar-refractivity contribution in [1.82, 2.24) is 9.97 Å². The quantitative estimate of drug-likeness (QED) is 0.774. The maximum atomic E-state index is 5.80. The Hall–Kier alpha value is -1.52. The summed E-state index contributed by atoms with van der Waals surface area (Å²) < 4.78 is 0. The molecule has 1 fully saturated rings. The van der Waals surface area contributed by atoms with E-state index in [9.17, 15) is 0 Å². The zero-order chi connectivity index (χ0) is 10.8. The molecule has 0 unspecified atom stereocenters. The molecule has 0 aromatic carbocycles. The molecular weight excluding hydrogens is 190 g/mol. The molecule has 5 heteroatoms. The van der Waals surface area contributed by atoms with Gasteiger partial charge in [0.1, 0.15) is 0 Å². The third kappa shape index (κ3) is 1.95. The minimum Gasteiger partial charge on any atom is -0.394 e. The molecule has 1 saturated heterocycles. The number of anilines is 3. The van der Waals surface area contributed by atoms with Crippen LogP contribution in [0, 0.1) is 0 Å². The number of nitrogens with two attached hydrogens (primary N) is 1. The highest BCUT2D eigenvalue weighted by Crippen LogP contribution is 2.22. The van der Waals surface area contributed by atoms with Crippen molar-refractivity contribution in [2.75, 3.05) is 42.7 Å². The zero-order valence-corrected chi connectivity index (χ0v) is 9.27. The van der Waals surface area contributed by atoms with Crippen molar-refractivity contribution in [3.8, 4) is 0 Å². The molecule has 0 bridgehead atoms. The van der Waals surface area contributed by atoms with Gasteiger partial charge >= 0.3 is 0 Å². The van der Waals surface area contributed by atoms with E-state index < -0.39 is 0 Å². The van der Waals surface area contributed by atoms with Crippen LogP contribution < -0.4 is 15.5 Å². The first-order valence-electron chi connectivity index (χ1n) is 5.23. The first-order valence-corrected chi connectivity index (χ1v) is 5.23. The summed E-state index contributed by atoms with van der Waals surface area (Å²) in [6.45, 7) is 2.10. The van der Waals surface area contributed by atoms with Crippen LogP contribution in [0.15, 0.2) is 6.20 Å². The number of nitrogens with zero attached hydrogens (tertiary/aromatic N) is 4. The van der Waals surface area contributed by atoms with Gasteiger partial charge in [0.25, 0.3) is 0 Å². The number of aromatic nitrogens is 2. The summed E-state index contributed by atoms with van der Waals surface area (Å²) >= 11 is 0.